The normalized spacial score (nSPS) is 27.8. The second-order valence-electron chi connectivity index (χ2n) is 6.59. The first-order valence-corrected chi connectivity index (χ1v) is 6.77. The minimum atomic E-state index is -0.731. The molecule has 3 heteroatoms. The highest BCUT2D eigenvalue weighted by Gasteiger charge is 2.31. The zero-order valence-electron chi connectivity index (χ0n) is 11.4. The van der Waals surface area contributed by atoms with Crippen LogP contribution in [0.15, 0.2) is 0 Å². The van der Waals surface area contributed by atoms with E-state index in [2.05, 4.69) is 20.8 Å². The van der Waals surface area contributed by atoms with Crippen molar-refractivity contribution in [2.45, 2.75) is 52.9 Å². The molecule has 1 saturated carbocycles. The molecule has 0 amide bonds. The molecule has 0 spiro atoms. The molecule has 0 aromatic heterocycles. The van der Waals surface area contributed by atoms with Gasteiger partial charge in [-0.05, 0) is 36.5 Å². The number of hydrogen-bond donors (Lipinski definition) is 2. The van der Waals surface area contributed by atoms with Gasteiger partial charge in [-0.15, -0.1) is 0 Å². The average Bonchev–Trinajstić information content (AvgIpc) is 2.25. The fourth-order valence-electron chi connectivity index (χ4n) is 2.96. The van der Waals surface area contributed by atoms with Crippen LogP contribution in [0.3, 0.4) is 0 Å². The molecule has 0 radical (unpaired) electrons. The van der Waals surface area contributed by atoms with Crippen molar-refractivity contribution in [2.24, 2.45) is 28.9 Å². The molecule has 1 aliphatic carbocycles. The highest BCUT2D eigenvalue weighted by molar-refractivity contribution is 5.70. The lowest BCUT2D eigenvalue weighted by Gasteiger charge is -2.37. The quantitative estimate of drug-likeness (QED) is 0.795. The number of carboxylic acids is 1. The van der Waals surface area contributed by atoms with Crippen molar-refractivity contribution in [1.82, 2.24) is 0 Å². The van der Waals surface area contributed by atoms with Crippen molar-refractivity contribution in [3.8, 4) is 0 Å². The standard InChI is InChI=1S/C14H27NO2/c1-14(2,3)12-6-4-10(5-7-12)8-11(9-15)13(16)17/h10-12H,4-9,15H2,1-3H3,(H,16,17). The summed E-state index contributed by atoms with van der Waals surface area (Å²) < 4.78 is 0. The fraction of sp³-hybridized carbons (Fsp3) is 0.929. The summed E-state index contributed by atoms with van der Waals surface area (Å²) >= 11 is 0. The summed E-state index contributed by atoms with van der Waals surface area (Å²) in [4.78, 5) is 10.9. The van der Waals surface area contributed by atoms with Crippen LogP contribution in [-0.2, 0) is 4.79 Å². The van der Waals surface area contributed by atoms with E-state index in [4.69, 9.17) is 10.8 Å². The van der Waals surface area contributed by atoms with Gasteiger partial charge in [-0.3, -0.25) is 4.79 Å². The zero-order valence-corrected chi connectivity index (χ0v) is 11.4. The van der Waals surface area contributed by atoms with E-state index >= 15 is 0 Å². The maximum absolute atomic E-state index is 10.9. The minimum Gasteiger partial charge on any atom is -0.481 e. The predicted octanol–water partition coefficient (Wildman–Crippen LogP) is 2.89. The topological polar surface area (TPSA) is 63.3 Å². The Labute approximate surface area is 105 Å². The Bertz CT molecular complexity index is 249. The average molecular weight is 241 g/mol. The first-order chi connectivity index (χ1) is 7.84. The number of nitrogens with two attached hydrogens (primary N) is 1. The molecule has 1 rings (SSSR count). The summed E-state index contributed by atoms with van der Waals surface area (Å²) in [6, 6.07) is 0. The molecule has 100 valence electrons. The molecule has 3 N–H and O–H groups in total. The van der Waals surface area contributed by atoms with Crippen molar-refractivity contribution < 1.29 is 9.90 Å². The lowest BCUT2D eigenvalue weighted by molar-refractivity contribution is -0.142. The molecule has 0 aromatic carbocycles. The highest BCUT2D eigenvalue weighted by Crippen LogP contribution is 2.41. The molecule has 1 unspecified atom stereocenters. The van der Waals surface area contributed by atoms with Gasteiger partial charge in [0.15, 0.2) is 0 Å². The van der Waals surface area contributed by atoms with Crippen molar-refractivity contribution in [1.29, 1.82) is 0 Å². The molecular weight excluding hydrogens is 214 g/mol. The molecule has 0 aliphatic heterocycles. The fourth-order valence-corrected chi connectivity index (χ4v) is 2.96. The number of carbonyl (C=O) groups is 1. The van der Waals surface area contributed by atoms with Gasteiger partial charge in [-0.1, -0.05) is 33.6 Å². The van der Waals surface area contributed by atoms with Crippen molar-refractivity contribution >= 4 is 5.97 Å². The second-order valence-corrected chi connectivity index (χ2v) is 6.59. The number of rotatable bonds is 4. The number of hydrogen-bond acceptors (Lipinski definition) is 2. The lowest BCUT2D eigenvalue weighted by Crippen LogP contribution is -2.30. The molecule has 0 heterocycles. The van der Waals surface area contributed by atoms with Gasteiger partial charge in [-0.2, -0.15) is 0 Å². The van der Waals surface area contributed by atoms with Gasteiger partial charge in [0, 0.05) is 6.54 Å². The van der Waals surface area contributed by atoms with Crippen LogP contribution in [0.2, 0.25) is 0 Å². The molecule has 0 bridgehead atoms. The summed E-state index contributed by atoms with van der Waals surface area (Å²) in [6.45, 7) is 7.18. The summed E-state index contributed by atoms with van der Waals surface area (Å²) in [7, 11) is 0. The summed E-state index contributed by atoms with van der Waals surface area (Å²) in [5, 5.41) is 9.01. The maximum atomic E-state index is 10.9. The van der Waals surface area contributed by atoms with E-state index in [9.17, 15) is 4.79 Å². The largest absolute Gasteiger partial charge is 0.481 e. The Morgan fingerprint density at radius 3 is 2.18 bits per heavy atom. The number of aliphatic carboxylic acids is 1. The van der Waals surface area contributed by atoms with E-state index < -0.39 is 5.97 Å². The Balaban J connectivity index is 2.39. The third-order valence-corrected chi connectivity index (χ3v) is 4.32. The summed E-state index contributed by atoms with van der Waals surface area (Å²) in [5.74, 6) is 0.287. The molecule has 0 saturated heterocycles. The van der Waals surface area contributed by atoms with Crippen molar-refractivity contribution in [3.05, 3.63) is 0 Å². The van der Waals surface area contributed by atoms with Crippen LogP contribution >= 0.6 is 0 Å². The van der Waals surface area contributed by atoms with Gasteiger partial charge in [-0.25, -0.2) is 0 Å². The SMILES string of the molecule is CC(C)(C)C1CCC(CC(CN)C(=O)O)CC1. The van der Waals surface area contributed by atoms with Gasteiger partial charge in [0.2, 0.25) is 0 Å². The molecule has 1 fully saturated rings. The molecule has 1 atom stereocenters. The first-order valence-electron chi connectivity index (χ1n) is 6.77. The molecule has 0 aromatic rings. The van der Waals surface area contributed by atoms with Crippen molar-refractivity contribution in [2.75, 3.05) is 6.54 Å². The van der Waals surface area contributed by atoms with Crippen LogP contribution in [0.1, 0.15) is 52.9 Å². The third-order valence-electron chi connectivity index (χ3n) is 4.32. The molecule has 1 aliphatic rings. The Kier molecular flexibility index (Phi) is 4.99. The van der Waals surface area contributed by atoms with Crippen LogP contribution in [0.25, 0.3) is 0 Å². The molecule has 17 heavy (non-hydrogen) atoms. The maximum Gasteiger partial charge on any atom is 0.307 e. The van der Waals surface area contributed by atoms with E-state index in [0.29, 0.717) is 11.3 Å². The van der Waals surface area contributed by atoms with Crippen LogP contribution < -0.4 is 5.73 Å². The summed E-state index contributed by atoms with van der Waals surface area (Å²) in [6.07, 6.45) is 5.59. The van der Waals surface area contributed by atoms with Crippen LogP contribution in [-0.4, -0.2) is 17.6 Å². The Morgan fingerprint density at radius 2 is 1.82 bits per heavy atom. The van der Waals surface area contributed by atoms with Gasteiger partial charge >= 0.3 is 5.97 Å². The summed E-state index contributed by atoms with van der Waals surface area (Å²) in [5.41, 5.74) is 5.90. The van der Waals surface area contributed by atoms with Crippen LogP contribution in [0.4, 0.5) is 0 Å². The van der Waals surface area contributed by atoms with Gasteiger partial charge in [0.1, 0.15) is 0 Å². The molecule has 3 nitrogen and oxygen atoms in total. The third kappa shape index (κ3) is 4.30. The van der Waals surface area contributed by atoms with E-state index in [0.717, 1.165) is 12.3 Å². The minimum absolute atomic E-state index is 0.272. The van der Waals surface area contributed by atoms with Gasteiger partial charge < -0.3 is 10.8 Å². The van der Waals surface area contributed by atoms with Crippen LogP contribution in [0, 0.1) is 23.2 Å². The Morgan fingerprint density at radius 1 is 1.29 bits per heavy atom. The Hall–Kier alpha value is -0.570. The second kappa shape index (κ2) is 5.85. The van der Waals surface area contributed by atoms with Gasteiger partial charge in [0.05, 0.1) is 5.92 Å². The van der Waals surface area contributed by atoms with E-state index in [1.807, 2.05) is 0 Å². The van der Waals surface area contributed by atoms with Gasteiger partial charge in [0.25, 0.3) is 0 Å². The number of carboxylic acid groups (broad SMARTS) is 1. The van der Waals surface area contributed by atoms with Crippen LogP contribution in [0.5, 0.6) is 0 Å². The van der Waals surface area contributed by atoms with E-state index in [-0.39, 0.29) is 12.5 Å². The van der Waals surface area contributed by atoms with E-state index in [1.54, 1.807) is 0 Å². The van der Waals surface area contributed by atoms with E-state index in [1.165, 1.54) is 25.7 Å². The first kappa shape index (κ1) is 14.5. The zero-order chi connectivity index (χ0) is 13.1. The molecular formula is C14H27NO2. The highest BCUT2D eigenvalue weighted by atomic mass is 16.4. The lowest BCUT2D eigenvalue weighted by atomic mass is 9.68. The monoisotopic (exact) mass is 241 g/mol. The van der Waals surface area contributed by atoms with Crippen molar-refractivity contribution in [3.63, 3.8) is 0 Å². The smallest absolute Gasteiger partial charge is 0.307 e. The predicted molar refractivity (Wildman–Crippen MR) is 69.7 cm³/mol.